The Kier molecular flexibility index (Phi) is 5.51. The summed E-state index contributed by atoms with van der Waals surface area (Å²) in [4.78, 5) is 24.1. The molecule has 2 aromatic carbocycles. The number of carbonyl (C=O) groups excluding carboxylic acids is 2. The molecule has 1 N–H and O–H groups in total. The Morgan fingerprint density at radius 1 is 1.14 bits per heavy atom. The molecule has 7 nitrogen and oxygen atoms in total. The molecule has 0 atom stereocenters. The zero-order valence-corrected chi connectivity index (χ0v) is 16.2. The number of ether oxygens (including phenoxy) is 1. The fraction of sp³-hybridized carbons (Fsp3) is 0.200. The summed E-state index contributed by atoms with van der Waals surface area (Å²) in [5.41, 5.74) is 2.53. The van der Waals surface area contributed by atoms with Gasteiger partial charge in [0.05, 0.1) is 23.3 Å². The number of nitrogens with one attached hydrogen (secondary N) is 1. The molecule has 28 heavy (non-hydrogen) atoms. The zero-order chi connectivity index (χ0) is 20.3. The highest BCUT2D eigenvalue weighted by atomic mass is 32.2. The minimum atomic E-state index is -3.50. The van der Waals surface area contributed by atoms with Gasteiger partial charge in [0, 0.05) is 17.2 Å². The second kappa shape index (κ2) is 7.85. The number of furan rings is 1. The first-order valence-electron chi connectivity index (χ1n) is 8.45. The number of hydrogen-bond donors (Lipinski definition) is 1. The first-order chi connectivity index (χ1) is 13.2. The molecule has 1 heterocycles. The van der Waals surface area contributed by atoms with Crippen LogP contribution >= 0.6 is 0 Å². The van der Waals surface area contributed by atoms with Crippen molar-refractivity contribution >= 4 is 38.4 Å². The van der Waals surface area contributed by atoms with E-state index in [0.717, 1.165) is 17.2 Å². The molecule has 146 valence electrons. The molecule has 3 aromatic rings. The monoisotopic (exact) mass is 401 g/mol. The minimum absolute atomic E-state index is 0.00478. The molecule has 0 radical (unpaired) electrons. The zero-order valence-electron chi connectivity index (χ0n) is 15.4. The van der Waals surface area contributed by atoms with E-state index in [4.69, 9.17) is 9.15 Å². The van der Waals surface area contributed by atoms with Crippen molar-refractivity contribution < 1.29 is 27.2 Å². The Labute approximate surface area is 162 Å². The van der Waals surface area contributed by atoms with E-state index in [0.29, 0.717) is 11.1 Å². The van der Waals surface area contributed by atoms with Gasteiger partial charge in [-0.2, -0.15) is 0 Å². The molecule has 0 aliphatic carbocycles. The van der Waals surface area contributed by atoms with Crippen LogP contribution in [0.5, 0.6) is 0 Å². The first-order valence-corrected chi connectivity index (χ1v) is 10.3. The number of esters is 1. The maximum absolute atomic E-state index is 12.1. The molecule has 0 aliphatic heterocycles. The maximum atomic E-state index is 12.1. The Bertz CT molecular complexity index is 1150. The lowest BCUT2D eigenvalue weighted by Gasteiger charge is -2.10. The van der Waals surface area contributed by atoms with Gasteiger partial charge in [-0.25, -0.2) is 8.42 Å². The highest BCUT2D eigenvalue weighted by Gasteiger charge is 2.16. The van der Waals surface area contributed by atoms with Gasteiger partial charge >= 0.3 is 5.97 Å². The van der Waals surface area contributed by atoms with Crippen LogP contribution in [0.2, 0.25) is 0 Å². The van der Waals surface area contributed by atoms with Gasteiger partial charge in [0.25, 0.3) is 5.91 Å². The van der Waals surface area contributed by atoms with Gasteiger partial charge in [0.1, 0.15) is 5.58 Å². The summed E-state index contributed by atoms with van der Waals surface area (Å²) in [5, 5.41) is 3.27. The third-order valence-electron chi connectivity index (χ3n) is 4.07. The van der Waals surface area contributed by atoms with Gasteiger partial charge in [-0.05, 0) is 30.7 Å². The van der Waals surface area contributed by atoms with Crippen molar-refractivity contribution in [1.82, 2.24) is 0 Å². The number of fused-ring (bicyclic) bond motifs is 1. The maximum Gasteiger partial charge on any atom is 0.310 e. The van der Waals surface area contributed by atoms with E-state index in [1.807, 2.05) is 25.1 Å². The number of anilines is 1. The van der Waals surface area contributed by atoms with Crippen molar-refractivity contribution in [3.8, 4) is 0 Å². The smallest absolute Gasteiger partial charge is 0.310 e. The standard InChI is InChI=1S/C20H19NO6S/c1-13-7-8-15-14(11-26-17(15)9-13)10-20(23)27-12-19(22)21-16-5-3-4-6-18(16)28(2,24)25/h3-9,11H,10,12H2,1-2H3,(H,21,22). The van der Waals surface area contributed by atoms with E-state index in [2.05, 4.69) is 5.32 Å². The quantitative estimate of drug-likeness (QED) is 0.637. The number of sulfone groups is 1. The third kappa shape index (κ3) is 4.58. The van der Waals surface area contributed by atoms with Crippen LogP contribution in [-0.4, -0.2) is 33.2 Å². The highest BCUT2D eigenvalue weighted by Crippen LogP contribution is 2.23. The largest absolute Gasteiger partial charge is 0.464 e. The van der Waals surface area contributed by atoms with Crippen molar-refractivity contribution in [2.45, 2.75) is 18.2 Å². The molecule has 8 heteroatoms. The number of benzene rings is 2. The minimum Gasteiger partial charge on any atom is -0.464 e. The number of carbonyl (C=O) groups is 2. The van der Waals surface area contributed by atoms with Crippen LogP contribution in [0.25, 0.3) is 11.0 Å². The fourth-order valence-corrected chi connectivity index (χ4v) is 3.60. The Morgan fingerprint density at radius 3 is 2.64 bits per heavy atom. The number of aryl methyl sites for hydroxylation is 1. The van der Waals surface area contributed by atoms with Gasteiger partial charge in [0.15, 0.2) is 16.4 Å². The van der Waals surface area contributed by atoms with Crippen LogP contribution in [0.4, 0.5) is 5.69 Å². The Balaban J connectivity index is 1.60. The van der Waals surface area contributed by atoms with Gasteiger partial charge in [-0.3, -0.25) is 9.59 Å². The number of para-hydroxylation sites is 1. The summed E-state index contributed by atoms with van der Waals surface area (Å²) in [5.74, 6) is -1.22. The normalized spacial score (nSPS) is 11.4. The molecule has 0 unspecified atom stereocenters. The molecule has 0 saturated carbocycles. The molecule has 1 aromatic heterocycles. The second-order valence-electron chi connectivity index (χ2n) is 6.41. The van der Waals surface area contributed by atoms with Crippen LogP contribution < -0.4 is 5.32 Å². The highest BCUT2D eigenvalue weighted by molar-refractivity contribution is 7.90. The lowest BCUT2D eigenvalue weighted by atomic mass is 10.1. The van der Waals surface area contributed by atoms with E-state index in [-0.39, 0.29) is 17.0 Å². The molecule has 0 bridgehead atoms. The van der Waals surface area contributed by atoms with Gasteiger partial charge < -0.3 is 14.5 Å². The molecule has 0 aliphatic rings. The Morgan fingerprint density at radius 2 is 1.89 bits per heavy atom. The van der Waals surface area contributed by atoms with Crippen molar-refractivity contribution in [3.63, 3.8) is 0 Å². The predicted octanol–water partition coefficient (Wildman–Crippen LogP) is 2.87. The molecular formula is C20H19NO6S. The van der Waals surface area contributed by atoms with Crippen molar-refractivity contribution in [1.29, 1.82) is 0 Å². The summed E-state index contributed by atoms with van der Waals surface area (Å²) < 4.78 is 34.0. The molecule has 0 spiro atoms. The summed E-state index contributed by atoms with van der Waals surface area (Å²) in [6.07, 6.45) is 2.51. The molecule has 3 rings (SSSR count). The third-order valence-corrected chi connectivity index (χ3v) is 5.23. The van der Waals surface area contributed by atoms with Crippen molar-refractivity contribution in [2.75, 3.05) is 18.2 Å². The molecule has 0 saturated heterocycles. The Hall–Kier alpha value is -3.13. The van der Waals surface area contributed by atoms with Gasteiger partial charge in [-0.15, -0.1) is 0 Å². The lowest BCUT2D eigenvalue weighted by Crippen LogP contribution is -2.22. The summed E-state index contributed by atoms with van der Waals surface area (Å²) in [6, 6.07) is 11.7. The second-order valence-corrected chi connectivity index (χ2v) is 8.40. The van der Waals surface area contributed by atoms with E-state index in [9.17, 15) is 18.0 Å². The van der Waals surface area contributed by atoms with Crippen LogP contribution in [0.3, 0.4) is 0 Å². The van der Waals surface area contributed by atoms with Crippen LogP contribution in [0, 0.1) is 6.92 Å². The first kappa shape index (κ1) is 19.6. The van der Waals surface area contributed by atoms with Gasteiger partial charge in [0.2, 0.25) is 0 Å². The average molecular weight is 401 g/mol. The molecule has 0 fully saturated rings. The fourth-order valence-electron chi connectivity index (χ4n) is 2.76. The van der Waals surface area contributed by atoms with E-state index in [1.165, 1.54) is 18.4 Å². The van der Waals surface area contributed by atoms with Crippen LogP contribution in [-0.2, 0) is 30.6 Å². The number of rotatable bonds is 6. The topological polar surface area (TPSA) is 103 Å². The molecule has 1 amide bonds. The van der Waals surface area contributed by atoms with Gasteiger partial charge in [-0.1, -0.05) is 24.3 Å². The number of hydrogen-bond acceptors (Lipinski definition) is 6. The van der Waals surface area contributed by atoms with E-state index in [1.54, 1.807) is 12.1 Å². The summed E-state index contributed by atoms with van der Waals surface area (Å²) in [6.45, 7) is 1.42. The SMILES string of the molecule is Cc1ccc2c(CC(=O)OCC(=O)Nc3ccccc3S(C)(=O)=O)coc2c1. The van der Waals surface area contributed by atoms with E-state index < -0.39 is 28.3 Å². The van der Waals surface area contributed by atoms with Crippen molar-refractivity contribution in [3.05, 3.63) is 59.9 Å². The van der Waals surface area contributed by atoms with Crippen LogP contribution in [0.1, 0.15) is 11.1 Å². The van der Waals surface area contributed by atoms with E-state index >= 15 is 0 Å². The molecular weight excluding hydrogens is 382 g/mol. The van der Waals surface area contributed by atoms with Crippen LogP contribution in [0.15, 0.2) is 58.0 Å². The summed E-state index contributed by atoms with van der Waals surface area (Å²) >= 11 is 0. The van der Waals surface area contributed by atoms with Crippen molar-refractivity contribution in [2.24, 2.45) is 0 Å². The lowest BCUT2D eigenvalue weighted by molar-refractivity contribution is -0.146. The number of amides is 1. The average Bonchev–Trinajstić information content (AvgIpc) is 3.01. The summed E-state index contributed by atoms with van der Waals surface area (Å²) in [7, 11) is -3.50. The predicted molar refractivity (Wildman–Crippen MR) is 104 cm³/mol.